The first-order chi connectivity index (χ1) is 18.3. The van der Waals surface area contributed by atoms with E-state index < -0.39 is 5.91 Å². The molecule has 3 aromatic rings. The summed E-state index contributed by atoms with van der Waals surface area (Å²) >= 11 is 7.97. The van der Waals surface area contributed by atoms with Crippen LogP contribution in [0.4, 0.5) is 5.69 Å². The third-order valence-electron chi connectivity index (χ3n) is 4.91. The molecule has 9 nitrogen and oxygen atoms in total. The summed E-state index contributed by atoms with van der Waals surface area (Å²) in [7, 11) is 1.51. The first-order valence-electron chi connectivity index (χ1n) is 11.6. The lowest BCUT2D eigenvalue weighted by atomic mass is 10.2. The third-order valence-corrected chi connectivity index (χ3v) is 5.97. The molecule has 3 rings (SSSR count). The Morgan fingerprint density at radius 2 is 1.66 bits per heavy atom. The number of benzene rings is 3. The number of hydrogen-bond donors (Lipinski definition) is 2. The van der Waals surface area contributed by atoms with Gasteiger partial charge >= 0.3 is 0 Å². The van der Waals surface area contributed by atoms with Gasteiger partial charge in [-0.15, -0.1) is 0 Å². The maximum absolute atomic E-state index is 12.5. The number of methoxy groups -OCH3 is 1. The molecule has 0 fully saturated rings. The highest BCUT2D eigenvalue weighted by atomic mass is 127. The Hall–Kier alpha value is -3.51. The number of nitrogens with zero attached hydrogens (tertiary/aromatic N) is 1. The van der Waals surface area contributed by atoms with Crippen molar-refractivity contribution in [3.63, 3.8) is 0 Å². The lowest BCUT2D eigenvalue weighted by molar-refractivity contribution is -0.118. The van der Waals surface area contributed by atoms with Crippen LogP contribution in [-0.2, 0) is 4.79 Å². The topological polar surface area (TPSA) is 107 Å². The number of anilines is 1. The second-order valence-electron chi connectivity index (χ2n) is 7.60. The molecule has 0 radical (unpaired) electrons. The van der Waals surface area contributed by atoms with Crippen LogP contribution in [0.3, 0.4) is 0 Å². The molecule has 0 saturated heterocycles. The van der Waals surface area contributed by atoms with Crippen molar-refractivity contribution in [2.75, 3.05) is 32.2 Å². The standard InChI is InChI=1S/C27H27ClIN3O6/c1-4-36-22-11-6-18(14-23(22)35-3)27(34)32-30-15-17-12-21(29)26(24(13-17)37-5-2)38-16-25(33)31-20-9-7-19(28)8-10-20/h6-15H,4-5,16H2,1-3H3,(H,31,33)(H,32,34)/b30-15+. The second kappa shape index (κ2) is 14.4. The zero-order valence-electron chi connectivity index (χ0n) is 21.0. The van der Waals surface area contributed by atoms with E-state index in [-0.39, 0.29) is 12.5 Å². The molecule has 0 spiro atoms. The molecular weight excluding hydrogens is 625 g/mol. The van der Waals surface area contributed by atoms with Crippen molar-refractivity contribution in [2.45, 2.75) is 13.8 Å². The van der Waals surface area contributed by atoms with Crippen LogP contribution in [0.15, 0.2) is 59.7 Å². The van der Waals surface area contributed by atoms with Gasteiger partial charge in [-0.05, 0) is 96.6 Å². The second-order valence-corrected chi connectivity index (χ2v) is 9.20. The molecular formula is C27H27ClIN3O6. The summed E-state index contributed by atoms with van der Waals surface area (Å²) in [6, 6.07) is 15.2. The molecule has 0 bridgehead atoms. The molecule has 0 aliphatic heterocycles. The van der Waals surface area contributed by atoms with E-state index in [0.29, 0.717) is 61.6 Å². The molecule has 11 heteroatoms. The van der Waals surface area contributed by atoms with Gasteiger partial charge in [-0.2, -0.15) is 5.10 Å². The van der Waals surface area contributed by atoms with Crippen LogP contribution in [0, 0.1) is 3.57 Å². The Bertz CT molecular complexity index is 1300. The largest absolute Gasteiger partial charge is 0.493 e. The highest BCUT2D eigenvalue weighted by Crippen LogP contribution is 2.34. The Kier molecular flexibility index (Phi) is 11.0. The van der Waals surface area contributed by atoms with E-state index in [1.165, 1.54) is 13.3 Å². The quantitative estimate of drug-likeness (QED) is 0.152. The molecule has 0 atom stereocenters. The Morgan fingerprint density at radius 3 is 2.34 bits per heavy atom. The monoisotopic (exact) mass is 651 g/mol. The minimum atomic E-state index is -0.408. The van der Waals surface area contributed by atoms with Gasteiger partial charge in [0, 0.05) is 16.3 Å². The summed E-state index contributed by atoms with van der Waals surface area (Å²) in [5, 5.41) is 7.39. The van der Waals surface area contributed by atoms with Gasteiger partial charge in [0.1, 0.15) is 0 Å². The van der Waals surface area contributed by atoms with Crippen LogP contribution in [0.1, 0.15) is 29.8 Å². The first kappa shape index (κ1) is 29.1. The number of carbonyl (C=O) groups is 2. The van der Waals surface area contributed by atoms with Gasteiger partial charge in [-0.3, -0.25) is 9.59 Å². The van der Waals surface area contributed by atoms with Crippen molar-refractivity contribution in [1.82, 2.24) is 5.43 Å². The Morgan fingerprint density at radius 1 is 0.947 bits per heavy atom. The molecule has 200 valence electrons. The lowest BCUT2D eigenvalue weighted by Gasteiger charge is -2.14. The number of ether oxygens (including phenoxy) is 4. The van der Waals surface area contributed by atoms with Crippen molar-refractivity contribution >= 4 is 57.9 Å². The van der Waals surface area contributed by atoms with Crippen molar-refractivity contribution in [2.24, 2.45) is 5.10 Å². The Balaban J connectivity index is 1.66. The van der Waals surface area contributed by atoms with Crippen LogP contribution in [-0.4, -0.2) is 45.0 Å². The first-order valence-corrected chi connectivity index (χ1v) is 13.1. The molecule has 2 amide bonds. The van der Waals surface area contributed by atoms with Crippen LogP contribution >= 0.6 is 34.2 Å². The zero-order valence-corrected chi connectivity index (χ0v) is 24.0. The predicted molar refractivity (Wildman–Crippen MR) is 155 cm³/mol. The molecule has 0 unspecified atom stereocenters. The minimum Gasteiger partial charge on any atom is -0.493 e. The fourth-order valence-electron chi connectivity index (χ4n) is 3.25. The number of nitrogens with one attached hydrogen (secondary N) is 2. The van der Waals surface area contributed by atoms with Crippen molar-refractivity contribution < 1.29 is 28.5 Å². The minimum absolute atomic E-state index is 0.215. The maximum atomic E-state index is 12.5. The predicted octanol–water partition coefficient (Wildman–Crippen LogP) is 5.53. The van der Waals surface area contributed by atoms with Gasteiger partial charge in [-0.1, -0.05) is 11.6 Å². The van der Waals surface area contributed by atoms with Crippen LogP contribution in [0.5, 0.6) is 23.0 Å². The molecule has 0 saturated carbocycles. The van der Waals surface area contributed by atoms with Crippen LogP contribution in [0.2, 0.25) is 5.02 Å². The van der Waals surface area contributed by atoms with E-state index in [1.54, 1.807) is 54.6 Å². The number of halogens is 2. The van der Waals surface area contributed by atoms with Crippen LogP contribution in [0.25, 0.3) is 0 Å². The number of carbonyl (C=O) groups excluding carboxylic acids is 2. The number of hydrazone groups is 1. The van der Waals surface area contributed by atoms with E-state index in [4.69, 9.17) is 30.5 Å². The number of rotatable bonds is 12. The zero-order chi connectivity index (χ0) is 27.5. The van der Waals surface area contributed by atoms with Gasteiger partial charge < -0.3 is 24.3 Å². The lowest BCUT2D eigenvalue weighted by Crippen LogP contribution is -2.20. The molecule has 38 heavy (non-hydrogen) atoms. The van der Waals surface area contributed by atoms with E-state index in [9.17, 15) is 9.59 Å². The molecule has 3 aromatic carbocycles. The van der Waals surface area contributed by atoms with Gasteiger partial charge in [0.25, 0.3) is 11.8 Å². The van der Waals surface area contributed by atoms with Gasteiger partial charge in [0.05, 0.1) is 30.1 Å². The van der Waals surface area contributed by atoms with Crippen molar-refractivity contribution in [3.8, 4) is 23.0 Å². The molecule has 0 heterocycles. The Labute approximate surface area is 239 Å². The molecule has 0 aliphatic carbocycles. The average Bonchev–Trinajstić information content (AvgIpc) is 2.90. The fraction of sp³-hybridized carbons (Fsp3) is 0.222. The van der Waals surface area contributed by atoms with Crippen LogP contribution < -0.4 is 29.7 Å². The van der Waals surface area contributed by atoms with Gasteiger partial charge in [-0.25, -0.2) is 5.43 Å². The van der Waals surface area contributed by atoms with E-state index in [2.05, 4.69) is 38.4 Å². The summed E-state index contributed by atoms with van der Waals surface area (Å²) in [6.45, 7) is 4.37. The van der Waals surface area contributed by atoms with E-state index in [1.807, 2.05) is 13.8 Å². The highest BCUT2D eigenvalue weighted by molar-refractivity contribution is 14.1. The van der Waals surface area contributed by atoms with Crippen molar-refractivity contribution in [3.05, 3.63) is 74.3 Å². The third kappa shape index (κ3) is 8.25. The maximum Gasteiger partial charge on any atom is 0.271 e. The number of amides is 2. The molecule has 0 aromatic heterocycles. The number of hydrogen-bond acceptors (Lipinski definition) is 7. The summed E-state index contributed by atoms with van der Waals surface area (Å²) < 4.78 is 23.0. The summed E-state index contributed by atoms with van der Waals surface area (Å²) in [6.07, 6.45) is 1.49. The van der Waals surface area contributed by atoms with Gasteiger partial charge in [0.15, 0.2) is 29.6 Å². The average molecular weight is 652 g/mol. The molecule has 0 aliphatic rings. The van der Waals surface area contributed by atoms with Crippen molar-refractivity contribution in [1.29, 1.82) is 0 Å². The summed E-state index contributed by atoms with van der Waals surface area (Å²) in [5.74, 6) is 1.15. The fourth-order valence-corrected chi connectivity index (χ4v) is 4.15. The highest BCUT2D eigenvalue weighted by Gasteiger charge is 2.15. The summed E-state index contributed by atoms with van der Waals surface area (Å²) in [5.41, 5.74) is 4.15. The summed E-state index contributed by atoms with van der Waals surface area (Å²) in [4.78, 5) is 24.9. The van der Waals surface area contributed by atoms with Gasteiger partial charge in [0.2, 0.25) is 0 Å². The van der Waals surface area contributed by atoms with E-state index in [0.717, 1.165) is 0 Å². The smallest absolute Gasteiger partial charge is 0.271 e. The van der Waals surface area contributed by atoms with E-state index >= 15 is 0 Å². The molecule has 2 N–H and O–H groups in total. The normalized spacial score (nSPS) is 10.7. The SMILES string of the molecule is CCOc1ccc(C(=O)N/N=C/c2cc(I)c(OCC(=O)Nc3ccc(Cl)cc3)c(OCC)c2)cc1OC.